The second kappa shape index (κ2) is 4.21. The van der Waals surface area contributed by atoms with Crippen LogP contribution < -0.4 is 5.32 Å². The molecule has 0 radical (unpaired) electrons. The highest BCUT2D eigenvalue weighted by Crippen LogP contribution is 2.11. The van der Waals surface area contributed by atoms with Crippen LogP contribution in [0, 0.1) is 0 Å². The summed E-state index contributed by atoms with van der Waals surface area (Å²) >= 11 is 0. The van der Waals surface area contributed by atoms with E-state index in [0.717, 1.165) is 0 Å². The van der Waals surface area contributed by atoms with Crippen molar-refractivity contribution in [3.05, 3.63) is 30.1 Å². The number of nitrogens with one attached hydrogen (secondary N) is 1. The highest BCUT2D eigenvalue weighted by Gasteiger charge is 2.29. The van der Waals surface area contributed by atoms with E-state index in [1.54, 1.807) is 18.2 Å². The summed E-state index contributed by atoms with van der Waals surface area (Å²) in [5.41, 5.74) is 0.312. The molecule has 0 aromatic carbocycles. The van der Waals surface area contributed by atoms with Crippen LogP contribution in [0.1, 0.15) is 16.9 Å². The SMILES string of the molecule is O=C(N[C@@H]1CCS(=O)(=O)C1)c1ccccn1. The summed E-state index contributed by atoms with van der Waals surface area (Å²) < 4.78 is 22.4. The molecule has 1 saturated heterocycles. The van der Waals surface area contributed by atoms with Crippen LogP contribution in [0.15, 0.2) is 24.4 Å². The van der Waals surface area contributed by atoms with Crippen LogP contribution in [0.4, 0.5) is 0 Å². The Morgan fingerprint density at radius 2 is 2.25 bits per heavy atom. The zero-order valence-corrected chi connectivity index (χ0v) is 9.40. The average Bonchev–Trinajstić information content (AvgIpc) is 2.59. The molecular formula is C10H12N2O3S. The van der Waals surface area contributed by atoms with Gasteiger partial charge in [-0.25, -0.2) is 8.42 Å². The molecule has 0 unspecified atom stereocenters. The minimum atomic E-state index is -2.96. The van der Waals surface area contributed by atoms with Gasteiger partial charge in [0.25, 0.3) is 5.91 Å². The Hall–Kier alpha value is -1.43. The van der Waals surface area contributed by atoms with Gasteiger partial charge >= 0.3 is 0 Å². The molecule has 2 rings (SSSR count). The fourth-order valence-electron chi connectivity index (χ4n) is 1.67. The molecule has 1 amide bonds. The van der Waals surface area contributed by atoms with E-state index in [1.807, 2.05) is 0 Å². The molecule has 16 heavy (non-hydrogen) atoms. The van der Waals surface area contributed by atoms with E-state index < -0.39 is 9.84 Å². The first-order valence-corrected chi connectivity index (χ1v) is 6.81. The molecule has 1 fully saturated rings. The molecule has 1 aliphatic heterocycles. The molecule has 1 aliphatic rings. The van der Waals surface area contributed by atoms with Crippen LogP contribution >= 0.6 is 0 Å². The van der Waals surface area contributed by atoms with Crippen molar-refractivity contribution in [2.24, 2.45) is 0 Å². The summed E-state index contributed by atoms with van der Waals surface area (Å²) in [6.07, 6.45) is 2.02. The number of hydrogen-bond acceptors (Lipinski definition) is 4. The van der Waals surface area contributed by atoms with Crippen molar-refractivity contribution in [3.8, 4) is 0 Å². The van der Waals surface area contributed by atoms with Crippen molar-refractivity contribution in [1.82, 2.24) is 10.3 Å². The normalized spacial score (nSPS) is 22.9. The zero-order chi connectivity index (χ0) is 11.6. The maximum Gasteiger partial charge on any atom is 0.270 e. The Kier molecular flexibility index (Phi) is 2.91. The van der Waals surface area contributed by atoms with Gasteiger partial charge < -0.3 is 5.32 Å². The number of sulfone groups is 1. The van der Waals surface area contributed by atoms with E-state index in [-0.39, 0.29) is 23.5 Å². The van der Waals surface area contributed by atoms with E-state index in [9.17, 15) is 13.2 Å². The van der Waals surface area contributed by atoms with Gasteiger partial charge in [0.1, 0.15) is 5.69 Å². The zero-order valence-electron chi connectivity index (χ0n) is 8.59. The Morgan fingerprint density at radius 1 is 1.44 bits per heavy atom. The average molecular weight is 240 g/mol. The lowest BCUT2D eigenvalue weighted by Gasteiger charge is -2.09. The van der Waals surface area contributed by atoms with Gasteiger partial charge in [-0.05, 0) is 18.6 Å². The fourth-order valence-corrected chi connectivity index (χ4v) is 3.34. The monoisotopic (exact) mass is 240 g/mol. The van der Waals surface area contributed by atoms with E-state index in [1.165, 1.54) is 6.20 Å². The molecule has 1 aromatic heterocycles. The van der Waals surface area contributed by atoms with Gasteiger partial charge in [0.15, 0.2) is 9.84 Å². The molecule has 6 heteroatoms. The number of aromatic nitrogens is 1. The maximum absolute atomic E-state index is 11.6. The van der Waals surface area contributed by atoms with Crippen molar-refractivity contribution in [2.45, 2.75) is 12.5 Å². The maximum atomic E-state index is 11.6. The number of carbonyl (C=O) groups is 1. The van der Waals surface area contributed by atoms with Crippen molar-refractivity contribution in [2.75, 3.05) is 11.5 Å². The predicted molar refractivity (Wildman–Crippen MR) is 58.8 cm³/mol. The molecular weight excluding hydrogens is 228 g/mol. The van der Waals surface area contributed by atoms with E-state index in [2.05, 4.69) is 10.3 Å². The van der Waals surface area contributed by atoms with Crippen LogP contribution in [-0.2, 0) is 9.84 Å². The molecule has 2 heterocycles. The summed E-state index contributed by atoms with van der Waals surface area (Å²) in [4.78, 5) is 15.5. The molecule has 5 nitrogen and oxygen atoms in total. The summed E-state index contributed by atoms with van der Waals surface area (Å²) in [7, 11) is -2.96. The predicted octanol–water partition coefficient (Wildman–Crippen LogP) is -0.00150. The standard InChI is InChI=1S/C10H12N2O3S/c13-10(9-3-1-2-5-11-9)12-8-4-6-16(14,15)7-8/h1-3,5,8H,4,6-7H2,(H,12,13)/t8-/m1/s1. The van der Waals surface area contributed by atoms with Crippen LogP contribution in [0.3, 0.4) is 0 Å². The van der Waals surface area contributed by atoms with Gasteiger partial charge in [0.05, 0.1) is 11.5 Å². The Labute approximate surface area is 93.8 Å². The first kappa shape index (κ1) is 11.1. The van der Waals surface area contributed by atoms with Gasteiger partial charge in [0.2, 0.25) is 0 Å². The van der Waals surface area contributed by atoms with E-state index in [0.29, 0.717) is 12.1 Å². The Bertz CT molecular complexity index is 484. The van der Waals surface area contributed by atoms with Gasteiger partial charge in [-0.15, -0.1) is 0 Å². The molecule has 0 saturated carbocycles. The highest BCUT2D eigenvalue weighted by molar-refractivity contribution is 7.91. The highest BCUT2D eigenvalue weighted by atomic mass is 32.2. The number of rotatable bonds is 2. The van der Waals surface area contributed by atoms with Gasteiger partial charge in [-0.2, -0.15) is 0 Å². The quantitative estimate of drug-likeness (QED) is 0.789. The van der Waals surface area contributed by atoms with Crippen molar-refractivity contribution < 1.29 is 13.2 Å². The lowest BCUT2D eigenvalue weighted by atomic mass is 10.2. The van der Waals surface area contributed by atoms with E-state index >= 15 is 0 Å². The lowest BCUT2D eigenvalue weighted by molar-refractivity contribution is 0.0936. The van der Waals surface area contributed by atoms with Gasteiger partial charge in [0, 0.05) is 12.2 Å². The van der Waals surface area contributed by atoms with Crippen LogP contribution in [0.5, 0.6) is 0 Å². The fraction of sp³-hybridized carbons (Fsp3) is 0.400. The third-order valence-corrected chi connectivity index (χ3v) is 4.23. The van der Waals surface area contributed by atoms with E-state index in [4.69, 9.17) is 0 Å². The minimum Gasteiger partial charge on any atom is -0.347 e. The Balaban J connectivity index is 1.99. The number of carbonyl (C=O) groups excluding carboxylic acids is 1. The van der Waals surface area contributed by atoms with Crippen LogP contribution in [0.25, 0.3) is 0 Å². The summed E-state index contributed by atoms with van der Waals surface area (Å²) in [5.74, 6) is -0.131. The molecule has 86 valence electrons. The first-order valence-electron chi connectivity index (χ1n) is 4.99. The summed E-state index contributed by atoms with van der Waals surface area (Å²) in [6, 6.07) is 4.75. The third-order valence-electron chi connectivity index (χ3n) is 2.47. The van der Waals surface area contributed by atoms with Crippen LogP contribution in [-0.4, -0.2) is 36.9 Å². The smallest absolute Gasteiger partial charge is 0.270 e. The molecule has 0 bridgehead atoms. The minimum absolute atomic E-state index is 0.0333. The molecule has 0 aliphatic carbocycles. The second-order valence-corrected chi connectivity index (χ2v) is 6.02. The summed E-state index contributed by atoms with van der Waals surface area (Å²) in [5, 5.41) is 2.67. The van der Waals surface area contributed by atoms with Crippen molar-refractivity contribution in [3.63, 3.8) is 0 Å². The first-order chi connectivity index (χ1) is 7.57. The van der Waals surface area contributed by atoms with Crippen molar-refractivity contribution >= 4 is 15.7 Å². The van der Waals surface area contributed by atoms with Crippen molar-refractivity contribution in [1.29, 1.82) is 0 Å². The molecule has 1 atom stereocenters. The van der Waals surface area contributed by atoms with Gasteiger partial charge in [-0.3, -0.25) is 9.78 Å². The third kappa shape index (κ3) is 2.57. The molecule has 1 aromatic rings. The second-order valence-electron chi connectivity index (χ2n) is 3.79. The molecule has 1 N–H and O–H groups in total. The molecule has 0 spiro atoms. The number of hydrogen-bond donors (Lipinski definition) is 1. The number of amides is 1. The summed E-state index contributed by atoms with van der Waals surface area (Å²) in [6.45, 7) is 0. The number of pyridine rings is 1. The Morgan fingerprint density at radius 3 is 2.81 bits per heavy atom. The lowest BCUT2D eigenvalue weighted by Crippen LogP contribution is -2.35. The largest absolute Gasteiger partial charge is 0.347 e. The van der Waals surface area contributed by atoms with Gasteiger partial charge in [-0.1, -0.05) is 6.07 Å². The topological polar surface area (TPSA) is 76.1 Å². The number of nitrogens with zero attached hydrogens (tertiary/aromatic N) is 1. The van der Waals surface area contributed by atoms with Crippen LogP contribution in [0.2, 0.25) is 0 Å².